The molecule has 2 aliphatic heterocycles. The first-order valence-electron chi connectivity index (χ1n) is 12.2. The van der Waals surface area contributed by atoms with Gasteiger partial charge in [-0.2, -0.15) is 4.98 Å². The number of aliphatic hydroxyl groups is 1. The number of nitrogens with one attached hydrogen (secondary N) is 1. The van der Waals surface area contributed by atoms with E-state index in [0.29, 0.717) is 42.9 Å². The van der Waals surface area contributed by atoms with E-state index in [-0.39, 0.29) is 18.9 Å². The molecule has 0 bridgehead atoms. The molecule has 0 spiro atoms. The second kappa shape index (κ2) is 9.34. The van der Waals surface area contributed by atoms with Crippen molar-refractivity contribution >= 4 is 34.2 Å². The highest BCUT2D eigenvalue weighted by Crippen LogP contribution is 2.37. The van der Waals surface area contributed by atoms with Crippen LogP contribution in [0.25, 0.3) is 10.8 Å². The molecule has 8 nitrogen and oxygen atoms in total. The van der Waals surface area contributed by atoms with Gasteiger partial charge in [0.2, 0.25) is 5.95 Å². The van der Waals surface area contributed by atoms with Crippen molar-refractivity contribution < 1.29 is 18.3 Å². The van der Waals surface area contributed by atoms with Crippen molar-refractivity contribution in [2.75, 3.05) is 34.8 Å². The molecule has 11 heteroatoms. The molecule has 36 heavy (non-hydrogen) atoms. The number of nitrogens with zero attached hydrogens (tertiary/aromatic N) is 6. The van der Waals surface area contributed by atoms with Crippen molar-refractivity contribution in [3.8, 4) is 0 Å². The summed E-state index contributed by atoms with van der Waals surface area (Å²) in [4.78, 5) is 21.2. The summed E-state index contributed by atoms with van der Waals surface area (Å²) in [5, 5.41) is 14.7. The molecule has 5 heterocycles. The lowest BCUT2D eigenvalue weighted by Crippen LogP contribution is -2.52. The van der Waals surface area contributed by atoms with Gasteiger partial charge in [0.05, 0.1) is 18.7 Å². The number of rotatable bonds is 6. The number of hydrogen-bond acceptors (Lipinski definition) is 8. The Morgan fingerprint density at radius 2 is 1.89 bits per heavy atom. The second-order valence-corrected chi connectivity index (χ2v) is 10.1. The first-order valence-corrected chi connectivity index (χ1v) is 12.2. The van der Waals surface area contributed by atoms with Crippen LogP contribution >= 0.6 is 0 Å². The highest BCUT2D eigenvalue weighted by atomic mass is 19.3. The van der Waals surface area contributed by atoms with E-state index in [0.717, 1.165) is 16.3 Å². The monoisotopic (exact) mass is 501 g/mol. The Labute approximate surface area is 207 Å². The van der Waals surface area contributed by atoms with E-state index in [4.69, 9.17) is 0 Å². The summed E-state index contributed by atoms with van der Waals surface area (Å²) in [6.45, 7) is 6.47. The fourth-order valence-corrected chi connectivity index (χ4v) is 4.84. The number of pyridine rings is 2. The number of aromatic nitrogens is 4. The van der Waals surface area contributed by atoms with Gasteiger partial charge in [-0.25, -0.2) is 28.1 Å². The topological polar surface area (TPSA) is 90.3 Å². The lowest BCUT2D eigenvalue weighted by molar-refractivity contribution is -0.00860. The first-order chi connectivity index (χ1) is 17.1. The molecule has 192 valence electrons. The number of halogens is 3. The largest absolute Gasteiger partial charge is 0.390 e. The quantitative estimate of drug-likeness (QED) is 0.513. The third-order valence-electron chi connectivity index (χ3n) is 7.08. The Hall–Kier alpha value is -3.21. The Balaban J connectivity index is 1.44. The average molecular weight is 502 g/mol. The van der Waals surface area contributed by atoms with Crippen molar-refractivity contribution in [1.82, 2.24) is 19.9 Å². The molecule has 2 N–H and O–H groups in total. The van der Waals surface area contributed by atoms with Gasteiger partial charge in [-0.3, -0.25) is 0 Å². The van der Waals surface area contributed by atoms with Crippen LogP contribution in [0.15, 0.2) is 30.7 Å². The molecule has 3 aromatic heterocycles. The molecule has 2 aliphatic rings. The van der Waals surface area contributed by atoms with Crippen LogP contribution in [0.5, 0.6) is 0 Å². The predicted octanol–water partition coefficient (Wildman–Crippen LogP) is 4.43. The molecule has 2 fully saturated rings. The molecule has 5 rings (SSSR count). The standard InChI is InChI=1S/C25H30F3N7O/c1-14(2)16-11-31-23(35-9-5-18(35)22(26)27)17-12-30-21(10-15(16)17)32-20-4-7-29-24(33-20)34-8-6-19(36)25(3,28)13-34/h4,7,10-12,14,18-19,22,36H,5-6,8-9,13H2,1-3H3,(H,29,30,32,33). The Morgan fingerprint density at radius 1 is 1.08 bits per heavy atom. The molecular formula is C25H30F3N7O. The normalized spacial score (nSPS) is 24.5. The summed E-state index contributed by atoms with van der Waals surface area (Å²) >= 11 is 0. The van der Waals surface area contributed by atoms with Crippen LogP contribution in [0.2, 0.25) is 0 Å². The number of hydrogen-bond donors (Lipinski definition) is 2. The predicted molar refractivity (Wildman–Crippen MR) is 133 cm³/mol. The maximum atomic E-state index is 14.7. The van der Waals surface area contributed by atoms with Crippen molar-refractivity contribution in [2.45, 2.75) is 63.8 Å². The Morgan fingerprint density at radius 3 is 2.56 bits per heavy atom. The van der Waals surface area contributed by atoms with Crippen LogP contribution in [-0.4, -0.2) is 68.9 Å². The van der Waals surface area contributed by atoms with Crippen molar-refractivity contribution in [2.24, 2.45) is 0 Å². The molecule has 0 aliphatic carbocycles. The molecule has 3 unspecified atom stereocenters. The van der Waals surface area contributed by atoms with Crippen molar-refractivity contribution in [3.63, 3.8) is 0 Å². The van der Waals surface area contributed by atoms with Crippen LogP contribution in [0.3, 0.4) is 0 Å². The van der Waals surface area contributed by atoms with E-state index in [1.165, 1.54) is 6.92 Å². The maximum Gasteiger partial charge on any atom is 0.258 e. The molecule has 0 aromatic carbocycles. The van der Waals surface area contributed by atoms with Gasteiger partial charge in [-0.15, -0.1) is 0 Å². The molecule has 0 saturated carbocycles. The van der Waals surface area contributed by atoms with Crippen molar-refractivity contribution in [3.05, 3.63) is 36.3 Å². The minimum absolute atomic E-state index is 0.00448. The van der Waals surface area contributed by atoms with Crippen LogP contribution in [-0.2, 0) is 0 Å². The second-order valence-electron chi connectivity index (χ2n) is 10.1. The molecule has 3 atom stereocenters. The molecule has 0 amide bonds. The van der Waals surface area contributed by atoms with Gasteiger partial charge >= 0.3 is 0 Å². The number of anilines is 4. The molecular weight excluding hydrogens is 471 g/mol. The van der Waals surface area contributed by atoms with E-state index in [9.17, 15) is 18.3 Å². The number of fused-ring (bicyclic) bond motifs is 1. The lowest BCUT2D eigenvalue weighted by atomic mass is 9.94. The summed E-state index contributed by atoms with van der Waals surface area (Å²) in [5.41, 5.74) is -0.755. The summed E-state index contributed by atoms with van der Waals surface area (Å²) in [7, 11) is 0. The summed E-state index contributed by atoms with van der Waals surface area (Å²) in [5.74, 6) is 2.07. The first kappa shape index (κ1) is 24.5. The summed E-state index contributed by atoms with van der Waals surface area (Å²) < 4.78 is 41.5. The van der Waals surface area contributed by atoms with E-state index >= 15 is 0 Å². The highest BCUT2D eigenvalue weighted by Gasteiger charge is 2.40. The summed E-state index contributed by atoms with van der Waals surface area (Å²) in [6, 6.07) is 2.74. The van der Waals surface area contributed by atoms with Crippen LogP contribution < -0.4 is 15.1 Å². The Bertz CT molecular complexity index is 1260. The molecule has 0 radical (unpaired) electrons. The third kappa shape index (κ3) is 4.52. The third-order valence-corrected chi connectivity index (χ3v) is 7.08. The van der Waals surface area contributed by atoms with Gasteiger partial charge in [0.1, 0.15) is 17.5 Å². The maximum absolute atomic E-state index is 14.7. The zero-order valence-corrected chi connectivity index (χ0v) is 20.5. The van der Waals surface area contributed by atoms with Crippen molar-refractivity contribution in [1.29, 1.82) is 0 Å². The van der Waals surface area contributed by atoms with Crippen LogP contribution in [0.1, 0.15) is 45.1 Å². The van der Waals surface area contributed by atoms with Gasteiger partial charge < -0.3 is 20.2 Å². The van der Waals surface area contributed by atoms with Gasteiger partial charge in [-0.05, 0) is 48.8 Å². The van der Waals surface area contributed by atoms with Gasteiger partial charge in [0, 0.05) is 37.1 Å². The molecule has 3 aromatic rings. The van der Waals surface area contributed by atoms with E-state index < -0.39 is 24.2 Å². The lowest BCUT2D eigenvalue weighted by Gasteiger charge is -2.41. The SMILES string of the molecule is CC(C)c1cnc(N2CCC2C(F)F)c2cnc(Nc3ccnc(N4CCC(O)C(C)(F)C4)n3)cc12. The molecule has 2 saturated heterocycles. The number of piperidine rings is 1. The van der Waals surface area contributed by atoms with Gasteiger partial charge in [-0.1, -0.05) is 13.8 Å². The fraction of sp³-hybridized carbons (Fsp3) is 0.520. The van der Waals surface area contributed by atoms with Crippen LogP contribution in [0.4, 0.5) is 36.6 Å². The van der Waals surface area contributed by atoms with Gasteiger partial charge in [0.25, 0.3) is 6.43 Å². The number of alkyl halides is 3. The average Bonchev–Trinajstić information content (AvgIpc) is 2.79. The van der Waals surface area contributed by atoms with E-state index in [1.807, 2.05) is 6.07 Å². The van der Waals surface area contributed by atoms with E-state index in [2.05, 4.69) is 39.1 Å². The van der Waals surface area contributed by atoms with E-state index in [1.54, 1.807) is 34.5 Å². The smallest absolute Gasteiger partial charge is 0.258 e. The highest BCUT2D eigenvalue weighted by molar-refractivity contribution is 5.96. The van der Waals surface area contributed by atoms with Crippen LogP contribution in [0, 0.1) is 0 Å². The zero-order chi connectivity index (χ0) is 25.6. The summed E-state index contributed by atoms with van der Waals surface area (Å²) in [6.07, 6.45) is 2.29. The minimum atomic E-state index is -2.43. The number of aliphatic hydroxyl groups excluding tert-OH is 1. The fourth-order valence-electron chi connectivity index (χ4n) is 4.84. The minimum Gasteiger partial charge on any atom is -0.390 e. The Kier molecular flexibility index (Phi) is 6.36. The zero-order valence-electron chi connectivity index (χ0n) is 20.5. The van der Waals surface area contributed by atoms with Gasteiger partial charge in [0.15, 0.2) is 5.67 Å².